The molecule has 0 saturated heterocycles. The molecule has 5 heteroatoms. The van der Waals surface area contributed by atoms with Crippen molar-refractivity contribution in [1.82, 2.24) is 9.55 Å². The van der Waals surface area contributed by atoms with Gasteiger partial charge in [-0.05, 0) is 11.6 Å². The van der Waals surface area contributed by atoms with Crippen molar-refractivity contribution in [3.8, 4) is 11.4 Å². The molecular formula is C16H21N3O2. The van der Waals surface area contributed by atoms with Crippen molar-refractivity contribution in [2.45, 2.75) is 26.9 Å². The minimum absolute atomic E-state index is 0.255. The first-order valence-electron chi connectivity index (χ1n) is 6.83. The molecule has 2 N–H and O–H groups in total. The second kappa shape index (κ2) is 5.60. The van der Waals surface area contributed by atoms with Crippen molar-refractivity contribution >= 4 is 6.09 Å². The molecule has 1 unspecified atom stereocenters. The number of rotatable bonds is 3. The maximum Gasteiger partial charge on any atom is 0.405 e. The van der Waals surface area contributed by atoms with E-state index in [0.717, 1.165) is 17.0 Å². The zero-order valence-corrected chi connectivity index (χ0v) is 12.8. The number of benzene rings is 1. The molecule has 1 heterocycles. The van der Waals surface area contributed by atoms with Crippen molar-refractivity contribution in [3.63, 3.8) is 0 Å². The maximum absolute atomic E-state index is 11.2. The van der Waals surface area contributed by atoms with Gasteiger partial charge in [0.05, 0.1) is 0 Å². The molecule has 21 heavy (non-hydrogen) atoms. The van der Waals surface area contributed by atoms with E-state index in [9.17, 15) is 4.79 Å². The van der Waals surface area contributed by atoms with Gasteiger partial charge in [0.15, 0.2) is 0 Å². The highest BCUT2D eigenvalue weighted by Gasteiger charge is 2.29. The smallest absolute Gasteiger partial charge is 0.405 e. The number of hydrogen-bond donors (Lipinski definition) is 1. The van der Waals surface area contributed by atoms with Crippen molar-refractivity contribution in [2.24, 2.45) is 18.2 Å². The Hall–Kier alpha value is -2.30. The Balaban J connectivity index is 2.43. The lowest BCUT2D eigenvalue weighted by molar-refractivity contribution is 0.0360. The Morgan fingerprint density at radius 2 is 2.10 bits per heavy atom. The summed E-state index contributed by atoms with van der Waals surface area (Å²) in [6.45, 7) is 6.02. The van der Waals surface area contributed by atoms with Crippen LogP contribution in [-0.4, -0.2) is 15.6 Å². The van der Waals surface area contributed by atoms with Gasteiger partial charge in [0.2, 0.25) is 0 Å². The van der Waals surface area contributed by atoms with Crippen LogP contribution in [0.3, 0.4) is 0 Å². The number of carbonyl (C=O) groups excluding carboxylic acids is 1. The molecule has 0 radical (unpaired) electrons. The van der Waals surface area contributed by atoms with Gasteiger partial charge in [-0.1, -0.05) is 39.0 Å². The summed E-state index contributed by atoms with van der Waals surface area (Å²) in [6, 6.07) is 7.84. The molecule has 2 aromatic rings. The molecule has 1 aromatic heterocycles. The molecule has 0 fully saturated rings. The summed E-state index contributed by atoms with van der Waals surface area (Å²) in [5.41, 5.74) is 6.83. The van der Waals surface area contributed by atoms with E-state index in [2.05, 4.69) is 4.98 Å². The van der Waals surface area contributed by atoms with Crippen LogP contribution in [0.4, 0.5) is 4.79 Å². The van der Waals surface area contributed by atoms with Gasteiger partial charge in [-0.2, -0.15) is 0 Å². The number of amides is 1. The van der Waals surface area contributed by atoms with Gasteiger partial charge in [-0.25, -0.2) is 9.78 Å². The van der Waals surface area contributed by atoms with E-state index in [1.165, 1.54) is 0 Å². The molecule has 1 aromatic carbocycles. The number of nitrogens with two attached hydrogens (primary N) is 1. The van der Waals surface area contributed by atoms with Gasteiger partial charge in [-0.15, -0.1) is 0 Å². The van der Waals surface area contributed by atoms with Crippen molar-refractivity contribution in [1.29, 1.82) is 0 Å². The average Bonchev–Trinajstić information content (AvgIpc) is 2.81. The highest BCUT2D eigenvalue weighted by atomic mass is 16.6. The number of hydrogen-bond acceptors (Lipinski definition) is 3. The summed E-state index contributed by atoms with van der Waals surface area (Å²) < 4.78 is 7.26. The summed E-state index contributed by atoms with van der Waals surface area (Å²) in [7, 11) is 1.94. The summed E-state index contributed by atoms with van der Waals surface area (Å²) in [4.78, 5) is 15.5. The lowest BCUT2D eigenvalue weighted by Gasteiger charge is -2.30. The molecule has 112 valence electrons. The zero-order chi connectivity index (χ0) is 15.6. The number of ether oxygens (including phenoxy) is 1. The predicted octanol–water partition coefficient (Wildman–Crippen LogP) is 3.27. The first-order valence-corrected chi connectivity index (χ1v) is 6.83. The highest BCUT2D eigenvalue weighted by molar-refractivity contribution is 5.65. The van der Waals surface area contributed by atoms with E-state index in [1.54, 1.807) is 6.20 Å². The fraction of sp³-hybridized carbons (Fsp3) is 0.375. The summed E-state index contributed by atoms with van der Waals surface area (Å²) >= 11 is 0. The van der Waals surface area contributed by atoms with E-state index >= 15 is 0 Å². The van der Waals surface area contributed by atoms with E-state index in [0.29, 0.717) is 0 Å². The number of carbonyl (C=O) groups is 1. The normalized spacial score (nSPS) is 13.0. The van der Waals surface area contributed by atoms with Crippen LogP contribution in [0.5, 0.6) is 0 Å². The van der Waals surface area contributed by atoms with Gasteiger partial charge in [0, 0.05) is 30.4 Å². The number of aryl methyl sites for hydroxylation is 1. The standard InChI is InChI=1S/C16H21N3O2/c1-16(2,3)13(21-15(17)20)11-6-5-7-12(10-11)14-18-8-9-19(14)4/h5-10,13H,1-4H3,(H2,17,20). The quantitative estimate of drug-likeness (QED) is 0.941. The second-order valence-corrected chi connectivity index (χ2v) is 6.17. The van der Waals surface area contributed by atoms with Crippen LogP contribution in [0.1, 0.15) is 32.4 Å². The minimum Gasteiger partial charge on any atom is -0.441 e. The molecule has 0 spiro atoms. The first-order chi connectivity index (χ1) is 9.79. The number of aromatic nitrogens is 2. The summed E-state index contributed by atoms with van der Waals surface area (Å²) in [6.07, 6.45) is 2.47. The maximum atomic E-state index is 11.2. The molecule has 0 aliphatic rings. The third-order valence-corrected chi connectivity index (χ3v) is 3.29. The molecular weight excluding hydrogens is 266 g/mol. The molecule has 2 rings (SSSR count). The van der Waals surface area contributed by atoms with Gasteiger partial charge in [0.1, 0.15) is 11.9 Å². The van der Waals surface area contributed by atoms with Crippen LogP contribution >= 0.6 is 0 Å². The Morgan fingerprint density at radius 3 is 2.62 bits per heavy atom. The van der Waals surface area contributed by atoms with Crippen LogP contribution in [0.25, 0.3) is 11.4 Å². The molecule has 0 aliphatic heterocycles. The molecule has 0 bridgehead atoms. The van der Waals surface area contributed by atoms with Gasteiger partial charge in [-0.3, -0.25) is 0 Å². The average molecular weight is 287 g/mol. The van der Waals surface area contributed by atoms with Crippen LogP contribution in [0, 0.1) is 5.41 Å². The minimum atomic E-state index is -0.766. The van der Waals surface area contributed by atoms with Crippen molar-refractivity contribution in [2.75, 3.05) is 0 Å². The fourth-order valence-electron chi connectivity index (χ4n) is 2.35. The Labute approximate surface area is 124 Å². The zero-order valence-electron chi connectivity index (χ0n) is 12.8. The molecule has 0 saturated carbocycles. The monoisotopic (exact) mass is 287 g/mol. The molecule has 1 amide bonds. The Morgan fingerprint density at radius 1 is 1.38 bits per heavy atom. The fourth-order valence-corrected chi connectivity index (χ4v) is 2.35. The van der Waals surface area contributed by atoms with E-state index < -0.39 is 12.2 Å². The molecule has 5 nitrogen and oxygen atoms in total. The van der Waals surface area contributed by atoms with Gasteiger partial charge >= 0.3 is 6.09 Å². The third-order valence-electron chi connectivity index (χ3n) is 3.29. The molecule has 0 aliphatic carbocycles. The topological polar surface area (TPSA) is 70.1 Å². The lowest BCUT2D eigenvalue weighted by Crippen LogP contribution is -2.27. The predicted molar refractivity (Wildman–Crippen MR) is 81.5 cm³/mol. The Kier molecular flexibility index (Phi) is 4.02. The Bertz CT molecular complexity index is 641. The van der Waals surface area contributed by atoms with Gasteiger partial charge in [0.25, 0.3) is 0 Å². The van der Waals surface area contributed by atoms with E-state index in [1.807, 2.05) is 62.8 Å². The summed E-state index contributed by atoms with van der Waals surface area (Å²) in [5, 5.41) is 0. The van der Waals surface area contributed by atoms with Crippen LogP contribution in [-0.2, 0) is 11.8 Å². The lowest BCUT2D eigenvalue weighted by atomic mass is 9.84. The third kappa shape index (κ3) is 3.42. The largest absolute Gasteiger partial charge is 0.441 e. The van der Waals surface area contributed by atoms with E-state index in [4.69, 9.17) is 10.5 Å². The van der Waals surface area contributed by atoms with Crippen molar-refractivity contribution in [3.05, 3.63) is 42.2 Å². The highest BCUT2D eigenvalue weighted by Crippen LogP contribution is 2.37. The second-order valence-electron chi connectivity index (χ2n) is 6.17. The number of imidazole rings is 1. The molecule has 1 atom stereocenters. The first kappa shape index (κ1) is 15.1. The SMILES string of the molecule is Cn1ccnc1-c1cccc(C(OC(N)=O)C(C)(C)C)c1. The van der Waals surface area contributed by atoms with E-state index in [-0.39, 0.29) is 5.41 Å². The number of primary amides is 1. The van der Waals surface area contributed by atoms with Crippen LogP contribution in [0.15, 0.2) is 36.7 Å². The van der Waals surface area contributed by atoms with Crippen LogP contribution in [0.2, 0.25) is 0 Å². The van der Waals surface area contributed by atoms with Crippen molar-refractivity contribution < 1.29 is 9.53 Å². The van der Waals surface area contributed by atoms with Crippen LogP contribution < -0.4 is 5.73 Å². The van der Waals surface area contributed by atoms with Gasteiger partial charge < -0.3 is 15.0 Å². The summed E-state index contributed by atoms with van der Waals surface area (Å²) in [5.74, 6) is 0.864. The number of nitrogens with zero attached hydrogens (tertiary/aromatic N) is 2.